The van der Waals surface area contributed by atoms with Gasteiger partial charge in [0.05, 0.1) is 6.04 Å². The number of nitrogens with zero attached hydrogens (tertiary/aromatic N) is 1. The minimum atomic E-state index is -0.0803. The predicted octanol–water partition coefficient (Wildman–Crippen LogP) is 2.61. The van der Waals surface area contributed by atoms with Crippen LogP contribution >= 0.6 is 11.3 Å². The minimum absolute atomic E-state index is 0.0508. The molecule has 1 aliphatic rings. The van der Waals surface area contributed by atoms with Crippen LogP contribution in [0.5, 0.6) is 0 Å². The molecule has 1 amide bonds. The normalized spacial score (nSPS) is 26.9. The Bertz CT molecular complexity index is 388. The van der Waals surface area contributed by atoms with E-state index in [0.717, 1.165) is 0 Å². The molecule has 1 fully saturated rings. The van der Waals surface area contributed by atoms with Crippen LogP contribution in [-0.2, 0) is 4.79 Å². The van der Waals surface area contributed by atoms with E-state index in [1.54, 1.807) is 11.3 Å². The summed E-state index contributed by atoms with van der Waals surface area (Å²) in [5, 5.41) is 5.44. The number of rotatable bonds is 3. The second-order valence-corrected chi connectivity index (χ2v) is 6.02. The van der Waals surface area contributed by atoms with Gasteiger partial charge in [-0.1, -0.05) is 19.9 Å². The molecular formula is C13H20N2OS. The highest BCUT2D eigenvalue weighted by Crippen LogP contribution is 2.31. The summed E-state index contributed by atoms with van der Waals surface area (Å²) in [6.45, 7) is 8.39. The SMILES string of the molecule is CC1NC(c2cccs2)N(C(C)C(C)C)C1=O. The van der Waals surface area contributed by atoms with Crippen molar-refractivity contribution in [3.63, 3.8) is 0 Å². The zero-order valence-electron chi connectivity index (χ0n) is 10.8. The molecule has 3 unspecified atom stereocenters. The van der Waals surface area contributed by atoms with Gasteiger partial charge in [-0.2, -0.15) is 0 Å². The fourth-order valence-electron chi connectivity index (χ4n) is 2.16. The van der Waals surface area contributed by atoms with Crippen molar-refractivity contribution in [2.75, 3.05) is 0 Å². The number of hydrogen-bond acceptors (Lipinski definition) is 3. The van der Waals surface area contributed by atoms with Crippen molar-refractivity contribution in [3.8, 4) is 0 Å². The molecule has 94 valence electrons. The third kappa shape index (κ3) is 2.24. The van der Waals surface area contributed by atoms with E-state index in [9.17, 15) is 4.79 Å². The Balaban J connectivity index is 2.28. The summed E-state index contributed by atoms with van der Waals surface area (Å²) in [6, 6.07) is 4.30. The largest absolute Gasteiger partial charge is 0.318 e. The molecule has 4 heteroatoms. The predicted molar refractivity (Wildman–Crippen MR) is 70.8 cm³/mol. The second kappa shape index (κ2) is 4.78. The molecule has 17 heavy (non-hydrogen) atoms. The van der Waals surface area contributed by atoms with Crippen molar-refractivity contribution in [2.24, 2.45) is 5.92 Å². The molecule has 1 aliphatic heterocycles. The highest BCUT2D eigenvalue weighted by atomic mass is 32.1. The van der Waals surface area contributed by atoms with Gasteiger partial charge in [-0.25, -0.2) is 0 Å². The van der Waals surface area contributed by atoms with Crippen LogP contribution in [0.25, 0.3) is 0 Å². The van der Waals surface area contributed by atoms with Crippen molar-refractivity contribution in [3.05, 3.63) is 22.4 Å². The van der Waals surface area contributed by atoms with Gasteiger partial charge in [0, 0.05) is 10.9 Å². The van der Waals surface area contributed by atoms with E-state index in [4.69, 9.17) is 0 Å². The maximum atomic E-state index is 12.2. The van der Waals surface area contributed by atoms with E-state index in [0.29, 0.717) is 5.92 Å². The Kier molecular flexibility index (Phi) is 3.54. The van der Waals surface area contributed by atoms with Crippen LogP contribution in [0.3, 0.4) is 0 Å². The zero-order valence-corrected chi connectivity index (χ0v) is 11.6. The molecule has 0 radical (unpaired) electrons. The van der Waals surface area contributed by atoms with Crippen LogP contribution in [0.4, 0.5) is 0 Å². The summed E-state index contributed by atoms with van der Waals surface area (Å²) in [4.78, 5) is 15.4. The smallest absolute Gasteiger partial charge is 0.241 e. The first kappa shape index (κ1) is 12.6. The Morgan fingerprint density at radius 1 is 1.41 bits per heavy atom. The first-order valence-electron chi connectivity index (χ1n) is 6.14. The lowest BCUT2D eigenvalue weighted by molar-refractivity contribution is -0.132. The summed E-state index contributed by atoms with van der Waals surface area (Å²) in [6.07, 6.45) is 0.0508. The van der Waals surface area contributed by atoms with Gasteiger partial charge in [0.25, 0.3) is 0 Å². The molecule has 3 nitrogen and oxygen atoms in total. The van der Waals surface area contributed by atoms with Crippen LogP contribution in [0, 0.1) is 5.92 Å². The van der Waals surface area contributed by atoms with E-state index >= 15 is 0 Å². The van der Waals surface area contributed by atoms with E-state index in [1.165, 1.54) is 4.88 Å². The average molecular weight is 252 g/mol. The van der Waals surface area contributed by atoms with Gasteiger partial charge in [-0.3, -0.25) is 10.1 Å². The Morgan fingerprint density at radius 3 is 2.65 bits per heavy atom. The summed E-state index contributed by atoms with van der Waals surface area (Å²) >= 11 is 1.70. The van der Waals surface area contributed by atoms with Gasteiger partial charge in [-0.05, 0) is 31.2 Å². The Labute approximate surface area is 107 Å². The molecular weight excluding hydrogens is 232 g/mol. The molecule has 0 aliphatic carbocycles. The third-order valence-electron chi connectivity index (χ3n) is 3.53. The van der Waals surface area contributed by atoms with Gasteiger partial charge in [0.2, 0.25) is 5.91 Å². The standard InChI is InChI=1S/C13H20N2OS/c1-8(2)10(4)15-12(11-6-5-7-17-11)14-9(3)13(15)16/h5-10,12,14H,1-4H3. The Hall–Kier alpha value is -0.870. The number of thiophene rings is 1. The molecule has 2 heterocycles. The minimum Gasteiger partial charge on any atom is -0.318 e. The summed E-state index contributed by atoms with van der Waals surface area (Å²) in [7, 11) is 0. The molecule has 1 aromatic heterocycles. The molecule has 1 saturated heterocycles. The van der Waals surface area contributed by atoms with Crippen LogP contribution in [-0.4, -0.2) is 22.9 Å². The number of carbonyl (C=O) groups is 1. The summed E-state index contributed by atoms with van der Waals surface area (Å²) in [5.41, 5.74) is 0. The third-order valence-corrected chi connectivity index (χ3v) is 4.45. The van der Waals surface area contributed by atoms with Crippen LogP contribution in [0.15, 0.2) is 17.5 Å². The average Bonchev–Trinajstić information content (AvgIpc) is 2.87. The van der Waals surface area contributed by atoms with Crippen molar-refractivity contribution >= 4 is 17.2 Å². The second-order valence-electron chi connectivity index (χ2n) is 5.04. The van der Waals surface area contributed by atoms with E-state index < -0.39 is 0 Å². The molecule has 0 saturated carbocycles. The topological polar surface area (TPSA) is 32.3 Å². The zero-order chi connectivity index (χ0) is 12.6. The van der Waals surface area contributed by atoms with Gasteiger partial charge >= 0.3 is 0 Å². The fraction of sp³-hybridized carbons (Fsp3) is 0.615. The Morgan fingerprint density at radius 2 is 2.12 bits per heavy atom. The molecule has 1 N–H and O–H groups in total. The number of carbonyl (C=O) groups excluding carboxylic acids is 1. The van der Waals surface area contributed by atoms with Gasteiger partial charge < -0.3 is 4.90 Å². The van der Waals surface area contributed by atoms with Crippen molar-refractivity contribution < 1.29 is 4.79 Å². The number of hydrogen-bond donors (Lipinski definition) is 1. The monoisotopic (exact) mass is 252 g/mol. The summed E-state index contributed by atoms with van der Waals surface area (Å²) < 4.78 is 0. The molecule has 1 aromatic rings. The summed E-state index contributed by atoms with van der Waals surface area (Å²) in [5.74, 6) is 0.679. The van der Waals surface area contributed by atoms with Gasteiger partial charge in [0.15, 0.2) is 0 Å². The highest BCUT2D eigenvalue weighted by molar-refractivity contribution is 7.10. The molecule has 0 spiro atoms. The van der Waals surface area contributed by atoms with Crippen molar-refractivity contribution in [1.29, 1.82) is 0 Å². The van der Waals surface area contributed by atoms with Gasteiger partial charge in [0.1, 0.15) is 6.17 Å². The van der Waals surface area contributed by atoms with E-state index in [-0.39, 0.29) is 24.2 Å². The first-order chi connectivity index (χ1) is 8.02. The lowest BCUT2D eigenvalue weighted by atomic mass is 10.0. The van der Waals surface area contributed by atoms with Crippen LogP contribution < -0.4 is 5.32 Å². The number of amides is 1. The lowest BCUT2D eigenvalue weighted by Gasteiger charge is -2.32. The van der Waals surface area contributed by atoms with Crippen molar-refractivity contribution in [1.82, 2.24) is 10.2 Å². The molecule has 2 rings (SSSR count). The fourth-order valence-corrected chi connectivity index (χ4v) is 2.94. The number of nitrogens with one attached hydrogen (secondary N) is 1. The maximum absolute atomic E-state index is 12.2. The van der Waals surface area contributed by atoms with Gasteiger partial charge in [-0.15, -0.1) is 11.3 Å². The van der Waals surface area contributed by atoms with Crippen LogP contribution in [0.2, 0.25) is 0 Å². The molecule has 3 atom stereocenters. The first-order valence-corrected chi connectivity index (χ1v) is 7.02. The quantitative estimate of drug-likeness (QED) is 0.897. The van der Waals surface area contributed by atoms with Crippen molar-refractivity contribution in [2.45, 2.75) is 45.9 Å². The molecule has 0 bridgehead atoms. The van der Waals surface area contributed by atoms with Crippen LogP contribution in [0.1, 0.15) is 38.7 Å². The molecule has 0 aromatic carbocycles. The van der Waals surface area contributed by atoms with E-state index in [1.807, 2.05) is 17.9 Å². The highest BCUT2D eigenvalue weighted by Gasteiger charge is 2.40. The lowest BCUT2D eigenvalue weighted by Crippen LogP contribution is -2.40. The maximum Gasteiger partial charge on any atom is 0.241 e. The van der Waals surface area contributed by atoms with E-state index in [2.05, 4.69) is 37.5 Å².